The Morgan fingerprint density at radius 2 is 1.70 bits per heavy atom. The van der Waals surface area contributed by atoms with E-state index in [2.05, 4.69) is 6.58 Å². The Morgan fingerprint density at radius 1 is 1.10 bits per heavy atom. The van der Waals surface area contributed by atoms with Crippen LogP contribution >= 0.6 is 0 Å². The molecule has 102 valence electrons. The maximum absolute atomic E-state index is 12.3. The van der Waals surface area contributed by atoms with Crippen LogP contribution in [0.1, 0.15) is 27.4 Å². The number of carbonyl (C=O) groups excluding carboxylic acids is 1. The predicted molar refractivity (Wildman–Crippen MR) is 80.9 cm³/mol. The van der Waals surface area contributed by atoms with Crippen LogP contribution in [0.15, 0.2) is 67.3 Å². The van der Waals surface area contributed by atoms with E-state index in [1.54, 1.807) is 30.3 Å². The number of Topliss-reactive ketones (excluding diaryl/α,β-unsaturated/α-hetero) is 1. The fourth-order valence-corrected chi connectivity index (χ4v) is 2.17. The molecule has 0 saturated heterocycles. The molecule has 0 bridgehead atoms. The summed E-state index contributed by atoms with van der Waals surface area (Å²) in [7, 11) is 0. The quantitative estimate of drug-likeness (QED) is 0.664. The number of rotatable bonds is 5. The van der Waals surface area contributed by atoms with Crippen LogP contribution in [0.2, 0.25) is 0 Å². The standard InChI is InChI=1S/C18H18O2/c1-3-16(14-11-9-13(2)10-12-14)18(20)17(19)15-7-5-4-6-8-15/h3-12,16,18,20H,1H2,2H3/t16-,18+/m1/s1. The van der Waals surface area contributed by atoms with Gasteiger partial charge in [0.05, 0.1) is 0 Å². The van der Waals surface area contributed by atoms with E-state index in [1.165, 1.54) is 0 Å². The van der Waals surface area contributed by atoms with Gasteiger partial charge in [0, 0.05) is 11.5 Å². The molecule has 0 aliphatic carbocycles. The molecule has 2 atom stereocenters. The molecular formula is C18H18O2. The molecule has 0 unspecified atom stereocenters. The molecule has 2 nitrogen and oxygen atoms in total. The van der Waals surface area contributed by atoms with E-state index in [4.69, 9.17) is 0 Å². The third-order valence-corrected chi connectivity index (χ3v) is 3.38. The number of ketones is 1. The van der Waals surface area contributed by atoms with E-state index in [0.29, 0.717) is 5.56 Å². The summed E-state index contributed by atoms with van der Waals surface area (Å²) < 4.78 is 0. The first kappa shape index (κ1) is 14.2. The molecule has 0 amide bonds. The van der Waals surface area contributed by atoms with Gasteiger partial charge >= 0.3 is 0 Å². The first-order valence-electron chi connectivity index (χ1n) is 6.60. The number of aliphatic hydroxyl groups excluding tert-OH is 1. The normalized spacial score (nSPS) is 13.5. The zero-order chi connectivity index (χ0) is 14.5. The number of hydrogen-bond acceptors (Lipinski definition) is 2. The van der Waals surface area contributed by atoms with Crippen LogP contribution in [0.3, 0.4) is 0 Å². The zero-order valence-electron chi connectivity index (χ0n) is 11.5. The summed E-state index contributed by atoms with van der Waals surface area (Å²) in [6, 6.07) is 16.6. The molecule has 2 aromatic carbocycles. The van der Waals surface area contributed by atoms with Gasteiger partial charge in [0.1, 0.15) is 6.10 Å². The minimum atomic E-state index is -1.11. The smallest absolute Gasteiger partial charge is 0.192 e. The van der Waals surface area contributed by atoms with Crippen molar-refractivity contribution in [2.75, 3.05) is 0 Å². The van der Waals surface area contributed by atoms with Gasteiger partial charge < -0.3 is 5.11 Å². The number of hydrogen-bond donors (Lipinski definition) is 1. The largest absolute Gasteiger partial charge is 0.384 e. The number of aliphatic hydroxyl groups is 1. The van der Waals surface area contributed by atoms with Crippen LogP contribution in [0.25, 0.3) is 0 Å². The summed E-state index contributed by atoms with van der Waals surface area (Å²) in [5.41, 5.74) is 2.54. The van der Waals surface area contributed by atoms with E-state index in [-0.39, 0.29) is 5.78 Å². The lowest BCUT2D eigenvalue weighted by molar-refractivity contribution is 0.0720. The summed E-state index contributed by atoms with van der Waals surface area (Å²) in [4.78, 5) is 12.3. The monoisotopic (exact) mass is 266 g/mol. The molecule has 2 aromatic rings. The van der Waals surface area contributed by atoms with Crippen molar-refractivity contribution in [3.05, 3.63) is 83.9 Å². The molecule has 1 N–H and O–H groups in total. The molecule has 0 radical (unpaired) electrons. The average molecular weight is 266 g/mol. The van der Waals surface area contributed by atoms with E-state index < -0.39 is 12.0 Å². The molecule has 20 heavy (non-hydrogen) atoms. The molecule has 2 rings (SSSR count). The summed E-state index contributed by atoms with van der Waals surface area (Å²) in [6.45, 7) is 5.74. The van der Waals surface area contributed by atoms with Gasteiger partial charge in [0.2, 0.25) is 0 Å². The minimum Gasteiger partial charge on any atom is -0.384 e. The van der Waals surface area contributed by atoms with E-state index >= 15 is 0 Å². The van der Waals surface area contributed by atoms with Gasteiger partial charge in [-0.05, 0) is 12.5 Å². The molecule has 0 heterocycles. The van der Waals surface area contributed by atoms with Crippen molar-refractivity contribution >= 4 is 5.78 Å². The fourth-order valence-electron chi connectivity index (χ4n) is 2.17. The lowest BCUT2D eigenvalue weighted by Crippen LogP contribution is -2.27. The van der Waals surface area contributed by atoms with Crippen LogP contribution in [0.4, 0.5) is 0 Å². The molecule has 0 aromatic heterocycles. The minimum absolute atomic E-state index is 0.281. The maximum atomic E-state index is 12.3. The first-order chi connectivity index (χ1) is 9.63. The molecule has 0 saturated carbocycles. The van der Waals surface area contributed by atoms with Crippen molar-refractivity contribution in [3.63, 3.8) is 0 Å². The Balaban J connectivity index is 2.25. The molecule has 0 aliphatic rings. The number of carbonyl (C=O) groups is 1. The fraction of sp³-hybridized carbons (Fsp3) is 0.167. The summed E-state index contributed by atoms with van der Waals surface area (Å²) >= 11 is 0. The number of aryl methyl sites for hydroxylation is 1. The van der Waals surface area contributed by atoms with Crippen LogP contribution in [0, 0.1) is 6.92 Å². The third kappa shape index (κ3) is 3.03. The van der Waals surface area contributed by atoms with Gasteiger partial charge in [-0.2, -0.15) is 0 Å². The van der Waals surface area contributed by atoms with Gasteiger partial charge in [0.25, 0.3) is 0 Å². The van der Waals surface area contributed by atoms with Gasteiger partial charge in [-0.15, -0.1) is 6.58 Å². The summed E-state index contributed by atoms with van der Waals surface area (Å²) in [5, 5.41) is 10.3. The lowest BCUT2D eigenvalue weighted by atomic mass is 9.88. The predicted octanol–water partition coefficient (Wildman–Crippen LogP) is 3.51. The number of benzene rings is 2. The van der Waals surface area contributed by atoms with Crippen molar-refractivity contribution in [1.29, 1.82) is 0 Å². The van der Waals surface area contributed by atoms with Crippen molar-refractivity contribution in [2.45, 2.75) is 18.9 Å². The highest BCUT2D eigenvalue weighted by Gasteiger charge is 2.25. The van der Waals surface area contributed by atoms with Gasteiger partial charge in [-0.3, -0.25) is 4.79 Å². The highest BCUT2D eigenvalue weighted by molar-refractivity contribution is 6.00. The van der Waals surface area contributed by atoms with Crippen LogP contribution < -0.4 is 0 Å². The van der Waals surface area contributed by atoms with Crippen LogP contribution in [0.5, 0.6) is 0 Å². The second-order valence-electron chi connectivity index (χ2n) is 4.85. The SMILES string of the molecule is C=C[C@H](c1ccc(C)cc1)[C@H](O)C(=O)c1ccccc1. The Hall–Kier alpha value is -2.19. The van der Waals surface area contributed by atoms with E-state index in [1.807, 2.05) is 37.3 Å². The van der Waals surface area contributed by atoms with Crippen molar-refractivity contribution in [3.8, 4) is 0 Å². The topological polar surface area (TPSA) is 37.3 Å². The molecule has 0 spiro atoms. The van der Waals surface area contributed by atoms with Crippen molar-refractivity contribution < 1.29 is 9.90 Å². The zero-order valence-corrected chi connectivity index (χ0v) is 11.5. The second kappa shape index (κ2) is 6.31. The Morgan fingerprint density at radius 3 is 2.25 bits per heavy atom. The summed E-state index contributed by atoms with van der Waals surface area (Å²) in [5.74, 6) is -0.681. The molecular weight excluding hydrogens is 248 g/mol. The third-order valence-electron chi connectivity index (χ3n) is 3.38. The first-order valence-corrected chi connectivity index (χ1v) is 6.60. The lowest BCUT2D eigenvalue weighted by Gasteiger charge is -2.19. The Bertz CT molecular complexity index is 585. The van der Waals surface area contributed by atoms with Gasteiger partial charge in [-0.1, -0.05) is 66.2 Å². The van der Waals surface area contributed by atoms with Crippen LogP contribution in [-0.4, -0.2) is 17.0 Å². The molecule has 0 fully saturated rings. The van der Waals surface area contributed by atoms with Crippen molar-refractivity contribution in [2.24, 2.45) is 0 Å². The Kier molecular flexibility index (Phi) is 4.49. The highest BCUT2D eigenvalue weighted by Crippen LogP contribution is 2.24. The molecule has 0 aliphatic heterocycles. The van der Waals surface area contributed by atoms with Gasteiger partial charge in [0.15, 0.2) is 5.78 Å². The summed E-state index contributed by atoms with van der Waals surface area (Å²) in [6.07, 6.45) is 0.508. The Labute approximate surface area is 119 Å². The van der Waals surface area contributed by atoms with Gasteiger partial charge in [-0.25, -0.2) is 0 Å². The van der Waals surface area contributed by atoms with E-state index in [9.17, 15) is 9.90 Å². The van der Waals surface area contributed by atoms with Crippen LogP contribution in [-0.2, 0) is 0 Å². The van der Waals surface area contributed by atoms with E-state index in [0.717, 1.165) is 11.1 Å². The second-order valence-corrected chi connectivity index (χ2v) is 4.85. The average Bonchev–Trinajstić information content (AvgIpc) is 2.50. The molecule has 2 heteroatoms. The maximum Gasteiger partial charge on any atom is 0.192 e. The van der Waals surface area contributed by atoms with Crippen molar-refractivity contribution in [1.82, 2.24) is 0 Å². The highest BCUT2D eigenvalue weighted by atomic mass is 16.3.